The van der Waals surface area contributed by atoms with Gasteiger partial charge in [0, 0.05) is 18.4 Å². The summed E-state index contributed by atoms with van der Waals surface area (Å²) in [6.45, 7) is 3.96. The fraction of sp³-hybridized carbons (Fsp3) is 0.250. The fourth-order valence-electron chi connectivity index (χ4n) is 2.02. The SMILES string of the molecule is CCN(C(=O)[C@H](C)OC(=O)c1ccc[nH]1)c1ccccc1. The molecule has 110 valence electrons. The van der Waals surface area contributed by atoms with Crippen LogP contribution in [0.2, 0.25) is 0 Å². The lowest BCUT2D eigenvalue weighted by Crippen LogP contribution is -2.40. The Bertz CT molecular complexity index is 593. The van der Waals surface area contributed by atoms with Gasteiger partial charge in [0.25, 0.3) is 5.91 Å². The Hall–Kier alpha value is -2.56. The summed E-state index contributed by atoms with van der Waals surface area (Å²) in [5.74, 6) is -0.784. The van der Waals surface area contributed by atoms with E-state index in [1.807, 2.05) is 37.3 Å². The Morgan fingerprint density at radius 2 is 1.90 bits per heavy atom. The first kappa shape index (κ1) is 14.8. The molecule has 5 heteroatoms. The molecule has 1 atom stereocenters. The maximum Gasteiger partial charge on any atom is 0.355 e. The van der Waals surface area contributed by atoms with E-state index in [2.05, 4.69) is 4.98 Å². The lowest BCUT2D eigenvalue weighted by atomic mass is 10.2. The normalized spacial score (nSPS) is 11.7. The zero-order valence-corrected chi connectivity index (χ0v) is 12.1. The second-order valence-electron chi connectivity index (χ2n) is 4.55. The molecule has 5 nitrogen and oxygen atoms in total. The van der Waals surface area contributed by atoms with E-state index in [-0.39, 0.29) is 5.91 Å². The van der Waals surface area contributed by atoms with Crippen molar-refractivity contribution >= 4 is 17.6 Å². The van der Waals surface area contributed by atoms with Crippen LogP contribution in [-0.2, 0) is 9.53 Å². The molecule has 0 radical (unpaired) electrons. The predicted molar refractivity (Wildman–Crippen MR) is 80.1 cm³/mol. The molecule has 0 spiro atoms. The molecule has 0 unspecified atom stereocenters. The van der Waals surface area contributed by atoms with Gasteiger partial charge in [-0.2, -0.15) is 0 Å². The van der Waals surface area contributed by atoms with Crippen LogP contribution in [0.25, 0.3) is 0 Å². The molecule has 0 aliphatic heterocycles. The molecule has 2 rings (SSSR count). The maximum atomic E-state index is 12.4. The van der Waals surface area contributed by atoms with Crippen molar-refractivity contribution < 1.29 is 14.3 Å². The highest BCUT2D eigenvalue weighted by Crippen LogP contribution is 2.15. The van der Waals surface area contributed by atoms with Crippen LogP contribution < -0.4 is 4.90 Å². The number of rotatable bonds is 5. The molecule has 0 aliphatic rings. The quantitative estimate of drug-likeness (QED) is 0.859. The number of amides is 1. The number of likely N-dealkylation sites (N-methyl/N-ethyl adjacent to an activating group) is 1. The van der Waals surface area contributed by atoms with E-state index >= 15 is 0 Å². The van der Waals surface area contributed by atoms with Gasteiger partial charge in [-0.05, 0) is 38.1 Å². The van der Waals surface area contributed by atoms with Gasteiger partial charge in [-0.15, -0.1) is 0 Å². The summed E-state index contributed by atoms with van der Waals surface area (Å²) in [4.78, 5) is 28.6. The number of ether oxygens (including phenoxy) is 1. The van der Waals surface area contributed by atoms with Gasteiger partial charge in [0.15, 0.2) is 6.10 Å². The topological polar surface area (TPSA) is 62.4 Å². The molecule has 0 saturated heterocycles. The Morgan fingerprint density at radius 1 is 1.19 bits per heavy atom. The molecule has 0 fully saturated rings. The largest absolute Gasteiger partial charge is 0.448 e. The highest BCUT2D eigenvalue weighted by atomic mass is 16.5. The number of carbonyl (C=O) groups excluding carboxylic acids is 2. The predicted octanol–water partition coefficient (Wildman–Crippen LogP) is 2.61. The molecular weight excluding hydrogens is 268 g/mol. The summed E-state index contributed by atoms with van der Waals surface area (Å²) in [6, 6.07) is 12.6. The molecule has 1 N–H and O–H groups in total. The third kappa shape index (κ3) is 3.51. The zero-order valence-electron chi connectivity index (χ0n) is 12.1. The molecule has 1 aromatic heterocycles. The first-order chi connectivity index (χ1) is 10.1. The highest BCUT2D eigenvalue weighted by Gasteiger charge is 2.24. The van der Waals surface area contributed by atoms with Crippen molar-refractivity contribution in [1.29, 1.82) is 0 Å². The monoisotopic (exact) mass is 286 g/mol. The summed E-state index contributed by atoms with van der Waals surface area (Å²) in [6.07, 6.45) is 0.784. The number of anilines is 1. The fourth-order valence-corrected chi connectivity index (χ4v) is 2.02. The molecule has 1 heterocycles. The van der Waals surface area contributed by atoms with E-state index in [1.165, 1.54) is 0 Å². The molecule has 0 bridgehead atoms. The number of carbonyl (C=O) groups is 2. The number of hydrogen-bond donors (Lipinski definition) is 1. The van der Waals surface area contributed by atoms with Crippen LogP contribution in [0.4, 0.5) is 5.69 Å². The van der Waals surface area contributed by atoms with Crippen LogP contribution in [0.5, 0.6) is 0 Å². The van der Waals surface area contributed by atoms with Crippen molar-refractivity contribution in [1.82, 2.24) is 4.98 Å². The molecule has 0 aliphatic carbocycles. The van der Waals surface area contributed by atoms with Gasteiger partial charge in [0.2, 0.25) is 0 Å². The lowest BCUT2D eigenvalue weighted by Gasteiger charge is -2.24. The Labute approximate surface area is 123 Å². The van der Waals surface area contributed by atoms with Crippen LogP contribution >= 0.6 is 0 Å². The zero-order chi connectivity index (χ0) is 15.2. The molecule has 2 aromatic rings. The third-order valence-corrected chi connectivity index (χ3v) is 3.10. The van der Waals surface area contributed by atoms with Crippen molar-refractivity contribution in [2.24, 2.45) is 0 Å². The van der Waals surface area contributed by atoms with Gasteiger partial charge in [-0.1, -0.05) is 18.2 Å². The average Bonchev–Trinajstić information content (AvgIpc) is 3.03. The molecule has 1 aromatic carbocycles. The van der Waals surface area contributed by atoms with Crippen LogP contribution in [0.15, 0.2) is 48.7 Å². The summed E-state index contributed by atoms with van der Waals surface area (Å²) < 4.78 is 5.20. The number of benzene rings is 1. The van der Waals surface area contributed by atoms with Crippen LogP contribution in [0.1, 0.15) is 24.3 Å². The average molecular weight is 286 g/mol. The third-order valence-electron chi connectivity index (χ3n) is 3.10. The number of esters is 1. The number of nitrogens with zero attached hydrogens (tertiary/aromatic N) is 1. The lowest BCUT2D eigenvalue weighted by molar-refractivity contribution is -0.126. The van der Waals surface area contributed by atoms with Crippen LogP contribution in [0, 0.1) is 0 Å². The molecule has 1 amide bonds. The van der Waals surface area contributed by atoms with Crippen molar-refractivity contribution in [3.05, 3.63) is 54.4 Å². The minimum Gasteiger partial charge on any atom is -0.448 e. The second-order valence-corrected chi connectivity index (χ2v) is 4.55. The van der Waals surface area contributed by atoms with Gasteiger partial charge in [-0.3, -0.25) is 4.79 Å². The second kappa shape index (κ2) is 6.74. The minimum absolute atomic E-state index is 0.247. The van der Waals surface area contributed by atoms with E-state index in [0.717, 1.165) is 5.69 Å². The summed E-state index contributed by atoms with van der Waals surface area (Å²) in [7, 11) is 0. The first-order valence-corrected chi connectivity index (χ1v) is 6.84. The number of hydrogen-bond acceptors (Lipinski definition) is 3. The van der Waals surface area contributed by atoms with E-state index in [4.69, 9.17) is 4.74 Å². The smallest absolute Gasteiger partial charge is 0.355 e. The molecular formula is C16H18N2O3. The van der Waals surface area contributed by atoms with Crippen molar-refractivity contribution in [2.75, 3.05) is 11.4 Å². The number of aromatic nitrogens is 1. The summed E-state index contributed by atoms with van der Waals surface area (Å²) >= 11 is 0. The first-order valence-electron chi connectivity index (χ1n) is 6.84. The number of para-hydroxylation sites is 1. The number of H-pyrrole nitrogens is 1. The highest BCUT2D eigenvalue weighted by molar-refractivity contribution is 5.98. The van der Waals surface area contributed by atoms with Gasteiger partial charge in [-0.25, -0.2) is 4.79 Å². The van der Waals surface area contributed by atoms with Crippen molar-refractivity contribution in [3.63, 3.8) is 0 Å². The van der Waals surface area contributed by atoms with Gasteiger partial charge >= 0.3 is 5.97 Å². The number of aromatic amines is 1. The van der Waals surface area contributed by atoms with Crippen molar-refractivity contribution in [3.8, 4) is 0 Å². The molecule has 0 saturated carbocycles. The summed E-state index contributed by atoms with van der Waals surface area (Å²) in [5.41, 5.74) is 1.12. The number of nitrogens with one attached hydrogen (secondary N) is 1. The van der Waals surface area contributed by atoms with Crippen molar-refractivity contribution in [2.45, 2.75) is 20.0 Å². The van der Waals surface area contributed by atoms with Crippen LogP contribution in [0.3, 0.4) is 0 Å². The van der Waals surface area contributed by atoms with Gasteiger partial charge in [0.05, 0.1) is 0 Å². The van der Waals surface area contributed by atoms with Gasteiger partial charge < -0.3 is 14.6 Å². The Kier molecular flexibility index (Phi) is 4.77. The van der Waals surface area contributed by atoms with E-state index in [9.17, 15) is 9.59 Å². The Morgan fingerprint density at radius 3 is 2.48 bits per heavy atom. The van der Waals surface area contributed by atoms with E-state index < -0.39 is 12.1 Å². The Balaban J connectivity index is 2.06. The van der Waals surface area contributed by atoms with Crippen LogP contribution in [-0.4, -0.2) is 29.5 Å². The summed E-state index contributed by atoms with van der Waals surface area (Å²) in [5, 5.41) is 0. The van der Waals surface area contributed by atoms with Gasteiger partial charge in [0.1, 0.15) is 5.69 Å². The maximum absolute atomic E-state index is 12.4. The van der Waals surface area contributed by atoms with E-state index in [0.29, 0.717) is 12.2 Å². The van der Waals surface area contributed by atoms with E-state index in [1.54, 1.807) is 30.2 Å². The molecule has 21 heavy (non-hydrogen) atoms. The standard InChI is InChI=1S/C16H18N2O3/c1-3-18(13-8-5-4-6-9-13)15(19)12(2)21-16(20)14-10-7-11-17-14/h4-12,17H,3H2,1-2H3/t12-/m0/s1. The minimum atomic E-state index is -0.846.